The van der Waals surface area contributed by atoms with Crippen LogP contribution in [0.2, 0.25) is 5.02 Å². The number of benzene rings is 1. The fourth-order valence-electron chi connectivity index (χ4n) is 0.830. The van der Waals surface area contributed by atoms with Crippen LogP contribution in [0, 0.1) is 0 Å². The Morgan fingerprint density at radius 3 is 2.60 bits per heavy atom. The first-order chi connectivity index (χ1) is 7.11. The van der Waals surface area contributed by atoms with Crippen molar-refractivity contribution in [2.75, 3.05) is 12.4 Å². The molecule has 0 aliphatic rings. The second-order valence-electron chi connectivity index (χ2n) is 2.59. The Hall–Kier alpha value is -1.33. The summed E-state index contributed by atoms with van der Waals surface area (Å²) in [4.78, 5) is 3.77. The lowest BCUT2D eigenvalue weighted by atomic mass is 10.3. The first-order valence-electron chi connectivity index (χ1n) is 4.06. The van der Waals surface area contributed by atoms with E-state index in [0.717, 1.165) is 5.69 Å². The zero-order valence-electron chi connectivity index (χ0n) is 8.03. The maximum Gasteiger partial charge on any atom is 0.289 e. The molecular formula is C9H10ClN3OS. The van der Waals surface area contributed by atoms with E-state index in [1.165, 1.54) is 7.11 Å². The van der Waals surface area contributed by atoms with Crippen molar-refractivity contribution in [3.8, 4) is 0 Å². The molecule has 0 unspecified atom stereocenters. The van der Waals surface area contributed by atoms with Gasteiger partial charge in [0.2, 0.25) is 5.11 Å². The molecule has 0 aromatic heterocycles. The zero-order valence-corrected chi connectivity index (χ0v) is 9.60. The van der Waals surface area contributed by atoms with Crippen molar-refractivity contribution < 1.29 is 4.74 Å². The Balaban J connectivity index is 2.63. The summed E-state index contributed by atoms with van der Waals surface area (Å²) in [6, 6.07) is 7.08. The number of hydrogen-bond donors (Lipinski definition) is 2. The molecule has 0 saturated heterocycles. The summed E-state index contributed by atoms with van der Waals surface area (Å²) in [6.45, 7) is 0. The molecule has 0 aliphatic carbocycles. The lowest BCUT2D eigenvalue weighted by Crippen LogP contribution is -2.18. The zero-order chi connectivity index (χ0) is 11.3. The smallest absolute Gasteiger partial charge is 0.289 e. The average molecular weight is 244 g/mol. The van der Waals surface area contributed by atoms with Gasteiger partial charge in [0.05, 0.1) is 7.11 Å². The Labute approximate surface area is 98.1 Å². The van der Waals surface area contributed by atoms with Gasteiger partial charge in [0.1, 0.15) is 0 Å². The van der Waals surface area contributed by atoms with Crippen molar-refractivity contribution >= 4 is 40.6 Å². The minimum atomic E-state index is 0.0152. The highest BCUT2D eigenvalue weighted by Gasteiger charge is 1.97. The largest absolute Gasteiger partial charge is 0.468 e. The molecule has 3 N–H and O–H groups in total. The normalized spacial score (nSPS) is 10.9. The molecule has 0 radical (unpaired) electrons. The minimum Gasteiger partial charge on any atom is -0.468 e. The molecule has 1 aromatic carbocycles. The van der Waals surface area contributed by atoms with Crippen LogP contribution < -0.4 is 11.1 Å². The van der Waals surface area contributed by atoms with Crippen LogP contribution in [0.15, 0.2) is 29.3 Å². The highest BCUT2D eigenvalue weighted by Crippen LogP contribution is 2.13. The molecule has 0 aliphatic heterocycles. The van der Waals surface area contributed by atoms with Crippen molar-refractivity contribution in [1.29, 1.82) is 0 Å². The number of aliphatic imine (C=N–C) groups is 1. The third-order valence-electron chi connectivity index (χ3n) is 1.52. The molecule has 0 spiro atoms. The number of nitrogens with one attached hydrogen (secondary N) is 1. The van der Waals surface area contributed by atoms with Crippen LogP contribution in [-0.4, -0.2) is 18.2 Å². The topological polar surface area (TPSA) is 59.6 Å². The van der Waals surface area contributed by atoms with Gasteiger partial charge < -0.3 is 15.8 Å². The van der Waals surface area contributed by atoms with Crippen LogP contribution in [0.1, 0.15) is 0 Å². The number of nitrogens with zero attached hydrogens (tertiary/aromatic N) is 1. The fraction of sp³-hybridized carbons (Fsp3) is 0.111. The number of nitrogens with two attached hydrogens (primary N) is 1. The molecule has 0 fully saturated rings. The van der Waals surface area contributed by atoms with E-state index in [1.54, 1.807) is 24.3 Å². The van der Waals surface area contributed by atoms with E-state index >= 15 is 0 Å². The summed E-state index contributed by atoms with van der Waals surface area (Å²) in [5.74, 6) is 0. The summed E-state index contributed by atoms with van der Waals surface area (Å²) in [6.07, 6.45) is 0. The number of hydrogen-bond acceptors (Lipinski definition) is 2. The van der Waals surface area contributed by atoms with Gasteiger partial charge in [-0.15, -0.1) is 0 Å². The summed E-state index contributed by atoms with van der Waals surface area (Å²) < 4.78 is 4.66. The van der Waals surface area contributed by atoms with Crippen molar-refractivity contribution in [3.63, 3.8) is 0 Å². The molecule has 0 amide bonds. The van der Waals surface area contributed by atoms with E-state index in [1.807, 2.05) is 0 Å². The minimum absolute atomic E-state index is 0.0152. The molecule has 15 heavy (non-hydrogen) atoms. The molecule has 0 saturated carbocycles. The van der Waals surface area contributed by atoms with Crippen LogP contribution in [0.3, 0.4) is 0 Å². The van der Waals surface area contributed by atoms with Crippen molar-refractivity contribution in [1.82, 2.24) is 0 Å². The molecule has 1 rings (SSSR count). The third kappa shape index (κ3) is 4.14. The van der Waals surface area contributed by atoms with E-state index in [9.17, 15) is 0 Å². The van der Waals surface area contributed by atoms with Crippen LogP contribution in [0.25, 0.3) is 0 Å². The van der Waals surface area contributed by atoms with E-state index < -0.39 is 0 Å². The predicted molar refractivity (Wildman–Crippen MR) is 66.3 cm³/mol. The quantitative estimate of drug-likeness (QED) is 0.450. The van der Waals surface area contributed by atoms with E-state index in [4.69, 9.17) is 29.6 Å². The first kappa shape index (κ1) is 11.7. The maximum atomic E-state index is 5.73. The van der Waals surface area contributed by atoms with Crippen molar-refractivity contribution in [3.05, 3.63) is 29.3 Å². The van der Waals surface area contributed by atoms with Crippen LogP contribution in [0.4, 0.5) is 5.69 Å². The van der Waals surface area contributed by atoms with E-state index in [0.29, 0.717) is 5.02 Å². The summed E-state index contributed by atoms with van der Waals surface area (Å²) in [5.41, 5.74) is 6.12. The van der Waals surface area contributed by atoms with Gasteiger partial charge in [-0.2, -0.15) is 4.99 Å². The summed E-state index contributed by atoms with van der Waals surface area (Å²) in [7, 11) is 1.42. The van der Waals surface area contributed by atoms with Gasteiger partial charge in [0, 0.05) is 10.7 Å². The molecule has 4 nitrogen and oxygen atoms in total. The summed E-state index contributed by atoms with van der Waals surface area (Å²) >= 11 is 10.6. The predicted octanol–water partition coefficient (Wildman–Crippen LogP) is 2.00. The standard InChI is InChI=1S/C9H10ClN3OS/c1-14-8(11)13-9(15)12-7-4-2-6(10)3-5-7/h2-5H,1H3,(H3,11,12,13,15). The second-order valence-corrected chi connectivity index (χ2v) is 3.41. The van der Waals surface area contributed by atoms with Crippen molar-refractivity contribution in [2.45, 2.75) is 0 Å². The van der Waals surface area contributed by atoms with Gasteiger partial charge >= 0.3 is 0 Å². The van der Waals surface area contributed by atoms with Crippen LogP contribution >= 0.6 is 23.8 Å². The molecule has 1 aromatic rings. The van der Waals surface area contributed by atoms with Crippen molar-refractivity contribution in [2.24, 2.45) is 10.7 Å². The second kappa shape index (κ2) is 5.53. The van der Waals surface area contributed by atoms with Gasteiger partial charge in [0.25, 0.3) is 6.02 Å². The molecule has 80 valence electrons. The Morgan fingerprint density at radius 2 is 2.07 bits per heavy atom. The molecular weight excluding hydrogens is 234 g/mol. The van der Waals surface area contributed by atoms with Gasteiger partial charge in [-0.3, -0.25) is 0 Å². The number of rotatable bonds is 1. The monoisotopic (exact) mass is 243 g/mol. The molecule has 0 heterocycles. The Kier molecular flexibility index (Phi) is 4.33. The average Bonchev–Trinajstić information content (AvgIpc) is 2.21. The number of amidine groups is 1. The van der Waals surface area contributed by atoms with Crippen LogP contribution in [-0.2, 0) is 4.74 Å². The Morgan fingerprint density at radius 1 is 1.47 bits per heavy atom. The van der Waals surface area contributed by atoms with Gasteiger partial charge in [0.15, 0.2) is 0 Å². The molecule has 6 heteroatoms. The maximum absolute atomic E-state index is 5.73. The number of halogens is 1. The third-order valence-corrected chi connectivity index (χ3v) is 1.96. The van der Waals surface area contributed by atoms with Gasteiger partial charge in [-0.1, -0.05) is 11.6 Å². The highest BCUT2D eigenvalue weighted by atomic mass is 35.5. The molecule has 0 bridgehead atoms. The number of thiocarbonyl (C=S) groups is 1. The van der Waals surface area contributed by atoms with Crippen LogP contribution in [0.5, 0.6) is 0 Å². The van der Waals surface area contributed by atoms with Gasteiger partial charge in [-0.25, -0.2) is 0 Å². The highest BCUT2D eigenvalue weighted by molar-refractivity contribution is 7.80. The van der Waals surface area contributed by atoms with Gasteiger partial charge in [-0.05, 0) is 36.5 Å². The number of ether oxygens (including phenoxy) is 1. The fourth-order valence-corrected chi connectivity index (χ4v) is 1.16. The molecule has 0 atom stereocenters. The number of methoxy groups -OCH3 is 1. The first-order valence-corrected chi connectivity index (χ1v) is 4.85. The lowest BCUT2D eigenvalue weighted by Gasteiger charge is -2.04. The van der Waals surface area contributed by atoms with E-state index in [2.05, 4.69) is 15.0 Å². The summed E-state index contributed by atoms with van der Waals surface area (Å²) in [5, 5.41) is 3.75. The lowest BCUT2D eigenvalue weighted by molar-refractivity contribution is 0.397. The SMILES string of the molecule is CO/C(N)=N/C(=S)Nc1ccc(Cl)cc1. The van der Waals surface area contributed by atoms with E-state index in [-0.39, 0.29) is 11.1 Å². The number of anilines is 1. The Bertz CT molecular complexity index is 377.